The Labute approximate surface area is 127 Å². The molecule has 0 atom stereocenters. The molecule has 0 saturated heterocycles. The minimum atomic E-state index is 0.0993. The third-order valence-corrected chi connectivity index (χ3v) is 3.39. The van der Waals surface area contributed by atoms with Crippen LogP contribution in [0.1, 0.15) is 11.1 Å². The molecular weight excluding hydrogens is 278 g/mol. The van der Waals surface area contributed by atoms with Crippen LogP contribution in [0.25, 0.3) is 11.1 Å². The third-order valence-electron chi connectivity index (χ3n) is 3.39. The monoisotopic (exact) mass is 293 g/mol. The summed E-state index contributed by atoms with van der Waals surface area (Å²) in [5, 5.41) is 16.1. The van der Waals surface area contributed by atoms with Gasteiger partial charge in [0, 0.05) is 5.56 Å². The van der Waals surface area contributed by atoms with Crippen LogP contribution in [0.5, 0.6) is 0 Å². The van der Waals surface area contributed by atoms with Crippen LogP contribution in [0.4, 0.5) is 0 Å². The van der Waals surface area contributed by atoms with Gasteiger partial charge in [-0.3, -0.25) is 0 Å². The van der Waals surface area contributed by atoms with Gasteiger partial charge in [-0.15, -0.1) is 0 Å². The van der Waals surface area contributed by atoms with Crippen molar-refractivity contribution in [2.45, 2.75) is 6.54 Å². The van der Waals surface area contributed by atoms with Crippen LogP contribution in [-0.4, -0.2) is 25.8 Å². The maximum atomic E-state index is 8.89. The van der Waals surface area contributed by atoms with E-state index in [-0.39, 0.29) is 5.84 Å². The lowest BCUT2D eigenvalue weighted by Crippen LogP contribution is -2.14. The molecule has 0 aliphatic heterocycles. The molecule has 6 nitrogen and oxygen atoms in total. The van der Waals surface area contributed by atoms with E-state index in [1.54, 1.807) is 11.0 Å². The van der Waals surface area contributed by atoms with E-state index < -0.39 is 0 Å². The van der Waals surface area contributed by atoms with Crippen LogP contribution in [0, 0.1) is 0 Å². The quantitative estimate of drug-likeness (QED) is 0.333. The summed E-state index contributed by atoms with van der Waals surface area (Å²) in [7, 11) is 0. The number of amidine groups is 1. The van der Waals surface area contributed by atoms with Crippen molar-refractivity contribution in [1.82, 2.24) is 14.8 Å². The maximum Gasteiger partial charge on any atom is 0.170 e. The fraction of sp³-hybridized carbons (Fsp3) is 0.0625. The molecule has 0 fully saturated rings. The lowest BCUT2D eigenvalue weighted by Gasteiger charge is -2.09. The number of hydrogen-bond acceptors (Lipinski definition) is 4. The zero-order valence-corrected chi connectivity index (χ0v) is 11.8. The van der Waals surface area contributed by atoms with Gasteiger partial charge in [-0.2, -0.15) is 5.10 Å². The van der Waals surface area contributed by atoms with Gasteiger partial charge in [-0.05, 0) is 16.7 Å². The lowest BCUT2D eigenvalue weighted by molar-refractivity contribution is 0.318. The van der Waals surface area contributed by atoms with E-state index in [4.69, 9.17) is 10.9 Å². The molecule has 0 bridgehead atoms. The number of oxime groups is 1. The topological polar surface area (TPSA) is 89.3 Å². The first-order chi connectivity index (χ1) is 10.8. The second-order valence-corrected chi connectivity index (χ2v) is 4.82. The van der Waals surface area contributed by atoms with Gasteiger partial charge in [0.25, 0.3) is 0 Å². The summed E-state index contributed by atoms with van der Waals surface area (Å²) in [4.78, 5) is 3.92. The van der Waals surface area contributed by atoms with E-state index in [2.05, 4.69) is 15.2 Å². The van der Waals surface area contributed by atoms with E-state index in [1.807, 2.05) is 48.5 Å². The summed E-state index contributed by atoms with van der Waals surface area (Å²) in [6.07, 6.45) is 3.20. The number of aromatic nitrogens is 3. The van der Waals surface area contributed by atoms with Crippen LogP contribution < -0.4 is 5.73 Å². The third kappa shape index (κ3) is 2.80. The van der Waals surface area contributed by atoms with E-state index in [0.717, 1.165) is 16.7 Å². The van der Waals surface area contributed by atoms with Crippen molar-refractivity contribution in [1.29, 1.82) is 0 Å². The fourth-order valence-electron chi connectivity index (χ4n) is 2.30. The van der Waals surface area contributed by atoms with Gasteiger partial charge >= 0.3 is 0 Å². The summed E-state index contributed by atoms with van der Waals surface area (Å²) < 4.78 is 1.76. The van der Waals surface area contributed by atoms with E-state index in [1.165, 1.54) is 6.33 Å². The van der Waals surface area contributed by atoms with Crippen molar-refractivity contribution in [2.75, 3.05) is 0 Å². The number of benzene rings is 2. The molecule has 1 aromatic heterocycles. The van der Waals surface area contributed by atoms with Crippen LogP contribution >= 0.6 is 0 Å². The predicted octanol–water partition coefficient (Wildman–Crippen LogP) is 2.09. The molecule has 0 saturated carbocycles. The van der Waals surface area contributed by atoms with E-state index in [0.29, 0.717) is 12.1 Å². The molecule has 110 valence electrons. The highest BCUT2D eigenvalue weighted by molar-refractivity contribution is 6.03. The molecular formula is C16H15N5O. The first kappa shape index (κ1) is 13.8. The minimum Gasteiger partial charge on any atom is -0.409 e. The molecule has 2 aromatic carbocycles. The number of nitrogens with zero attached hydrogens (tertiary/aromatic N) is 4. The summed E-state index contributed by atoms with van der Waals surface area (Å²) in [6.45, 7) is 0.669. The molecule has 0 radical (unpaired) electrons. The number of hydrogen-bond donors (Lipinski definition) is 2. The molecule has 0 unspecified atom stereocenters. The van der Waals surface area contributed by atoms with Crippen molar-refractivity contribution in [3.63, 3.8) is 0 Å². The second kappa shape index (κ2) is 6.09. The standard InChI is InChI=1S/C16H15N5O/c17-16(20-22)15-4-2-1-3-14(15)13-7-5-12(6-8-13)9-21-11-18-10-19-21/h1-8,10-11,22H,9H2,(H2,17,20). The zero-order valence-electron chi connectivity index (χ0n) is 11.8. The molecule has 22 heavy (non-hydrogen) atoms. The smallest absolute Gasteiger partial charge is 0.170 e. The van der Waals surface area contributed by atoms with Gasteiger partial charge in [-0.1, -0.05) is 53.7 Å². The fourth-order valence-corrected chi connectivity index (χ4v) is 2.30. The molecule has 0 spiro atoms. The minimum absolute atomic E-state index is 0.0993. The first-order valence-electron chi connectivity index (χ1n) is 6.76. The largest absolute Gasteiger partial charge is 0.409 e. The Hall–Kier alpha value is -3.15. The molecule has 0 amide bonds. The van der Waals surface area contributed by atoms with Gasteiger partial charge < -0.3 is 10.9 Å². The van der Waals surface area contributed by atoms with Crippen LogP contribution in [0.2, 0.25) is 0 Å². The number of nitrogens with two attached hydrogens (primary N) is 1. The summed E-state index contributed by atoms with van der Waals surface area (Å²) in [6, 6.07) is 15.6. The average Bonchev–Trinajstić information content (AvgIpc) is 3.08. The second-order valence-electron chi connectivity index (χ2n) is 4.82. The summed E-state index contributed by atoms with van der Waals surface area (Å²) in [5.74, 6) is 0.0993. The molecule has 3 rings (SSSR count). The first-order valence-corrected chi connectivity index (χ1v) is 6.76. The van der Waals surface area contributed by atoms with E-state index >= 15 is 0 Å². The highest BCUT2D eigenvalue weighted by Gasteiger charge is 2.08. The normalized spacial score (nSPS) is 11.5. The van der Waals surface area contributed by atoms with Crippen LogP contribution in [0.3, 0.4) is 0 Å². The van der Waals surface area contributed by atoms with Crippen molar-refractivity contribution >= 4 is 5.84 Å². The van der Waals surface area contributed by atoms with Crippen molar-refractivity contribution in [2.24, 2.45) is 10.9 Å². The maximum absolute atomic E-state index is 8.89. The van der Waals surface area contributed by atoms with Crippen LogP contribution in [-0.2, 0) is 6.54 Å². The van der Waals surface area contributed by atoms with Crippen molar-refractivity contribution in [3.8, 4) is 11.1 Å². The van der Waals surface area contributed by atoms with Crippen LogP contribution in [0.15, 0.2) is 66.3 Å². The van der Waals surface area contributed by atoms with Gasteiger partial charge in [0.1, 0.15) is 12.7 Å². The highest BCUT2D eigenvalue weighted by Crippen LogP contribution is 2.24. The SMILES string of the molecule is N/C(=N\O)c1ccccc1-c1ccc(Cn2cncn2)cc1. The Morgan fingerprint density at radius 1 is 1.14 bits per heavy atom. The molecule has 0 aliphatic carbocycles. The average molecular weight is 293 g/mol. The Kier molecular flexibility index (Phi) is 3.82. The summed E-state index contributed by atoms with van der Waals surface area (Å²) >= 11 is 0. The molecule has 6 heteroatoms. The van der Waals surface area contributed by atoms with Crippen molar-refractivity contribution < 1.29 is 5.21 Å². The van der Waals surface area contributed by atoms with Gasteiger partial charge in [0.15, 0.2) is 5.84 Å². The van der Waals surface area contributed by atoms with Gasteiger partial charge in [0.2, 0.25) is 0 Å². The lowest BCUT2D eigenvalue weighted by atomic mass is 9.98. The van der Waals surface area contributed by atoms with Crippen molar-refractivity contribution in [3.05, 3.63) is 72.3 Å². The van der Waals surface area contributed by atoms with E-state index in [9.17, 15) is 0 Å². The van der Waals surface area contributed by atoms with Gasteiger partial charge in [0.05, 0.1) is 6.54 Å². The molecule has 0 aliphatic rings. The molecule has 3 N–H and O–H groups in total. The Morgan fingerprint density at radius 2 is 1.91 bits per heavy atom. The number of rotatable bonds is 4. The molecule has 3 aromatic rings. The Balaban J connectivity index is 1.90. The Bertz CT molecular complexity index is 779. The predicted molar refractivity (Wildman–Crippen MR) is 83.5 cm³/mol. The highest BCUT2D eigenvalue weighted by atomic mass is 16.4. The van der Waals surface area contributed by atoms with Gasteiger partial charge in [-0.25, -0.2) is 9.67 Å². The zero-order chi connectivity index (χ0) is 15.4. The molecule has 1 heterocycles. The Morgan fingerprint density at radius 3 is 2.59 bits per heavy atom. The summed E-state index contributed by atoms with van der Waals surface area (Å²) in [5.41, 5.74) is 9.48.